The van der Waals surface area contributed by atoms with Crippen molar-refractivity contribution in [1.82, 2.24) is 9.80 Å². The molecule has 0 aromatic carbocycles. The van der Waals surface area contributed by atoms with Gasteiger partial charge in [-0.15, -0.1) is 11.3 Å². The van der Waals surface area contributed by atoms with Crippen molar-refractivity contribution in [3.8, 4) is 0 Å². The Bertz CT molecular complexity index is 391. The Labute approximate surface area is 99.1 Å². The molecule has 4 nitrogen and oxygen atoms in total. The molecule has 1 atom stereocenters. The van der Waals surface area contributed by atoms with Crippen molar-refractivity contribution in [1.29, 1.82) is 0 Å². The fourth-order valence-corrected chi connectivity index (χ4v) is 3.12. The summed E-state index contributed by atoms with van der Waals surface area (Å²) in [7, 11) is 1.82. The molecule has 2 amide bonds. The molecule has 16 heavy (non-hydrogen) atoms. The van der Waals surface area contributed by atoms with Gasteiger partial charge in [-0.05, 0) is 23.9 Å². The van der Waals surface area contributed by atoms with Crippen molar-refractivity contribution in [2.45, 2.75) is 13.0 Å². The molecule has 0 saturated carbocycles. The van der Waals surface area contributed by atoms with Crippen LogP contribution in [0.25, 0.3) is 0 Å². The number of likely N-dealkylation sites (N-methyl/N-ethyl adjacent to an activating group) is 1. The molecule has 0 spiro atoms. The minimum atomic E-state index is 0.00634. The maximum absolute atomic E-state index is 11.9. The minimum Gasteiger partial charge on any atom is -0.395 e. The SMILES string of the molecule is Cc1ccsc1C1CN(CCO)C(=O)N1C. The van der Waals surface area contributed by atoms with E-state index in [1.54, 1.807) is 21.1 Å². The Morgan fingerprint density at radius 2 is 2.38 bits per heavy atom. The lowest BCUT2D eigenvalue weighted by molar-refractivity contribution is 0.182. The Morgan fingerprint density at radius 3 is 2.94 bits per heavy atom. The quantitative estimate of drug-likeness (QED) is 0.869. The van der Waals surface area contributed by atoms with Crippen LogP contribution in [0.5, 0.6) is 0 Å². The first kappa shape index (κ1) is 11.4. The monoisotopic (exact) mass is 240 g/mol. The second kappa shape index (κ2) is 4.43. The largest absolute Gasteiger partial charge is 0.395 e. The number of aliphatic hydroxyl groups excluding tert-OH is 1. The number of aryl methyl sites for hydroxylation is 1. The zero-order valence-electron chi connectivity index (χ0n) is 9.51. The fraction of sp³-hybridized carbons (Fsp3) is 0.545. The first-order valence-corrected chi connectivity index (χ1v) is 6.19. The number of carbonyl (C=O) groups is 1. The summed E-state index contributed by atoms with van der Waals surface area (Å²) in [5.41, 5.74) is 1.24. The van der Waals surface area contributed by atoms with Gasteiger partial charge in [0.15, 0.2) is 0 Å². The van der Waals surface area contributed by atoms with E-state index < -0.39 is 0 Å². The summed E-state index contributed by atoms with van der Waals surface area (Å²) in [5.74, 6) is 0. The number of urea groups is 1. The van der Waals surface area contributed by atoms with E-state index in [-0.39, 0.29) is 18.7 Å². The summed E-state index contributed by atoms with van der Waals surface area (Å²) in [5, 5.41) is 10.9. The van der Waals surface area contributed by atoms with Crippen LogP contribution in [0.4, 0.5) is 4.79 Å². The number of thiophene rings is 1. The molecule has 2 heterocycles. The summed E-state index contributed by atoms with van der Waals surface area (Å²) >= 11 is 1.69. The van der Waals surface area contributed by atoms with E-state index >= 15 is 0 Å². The molecule has 1 aromatic heterocycles. The van der Waals surface area contributed by atoms with E-state index in [1.807, 2.05) is 7.05 Å². The van der Waals surface area contributed by atoms with Gasteiger partial charge in [0.25, 0.3) is 0 Å². The molecule has 0 radical (unpaired) electrons. The molecule has 1 saturated heterocycles. The molecule has 5 heteroatoms. The van der Waals surface area contributed by atoms with E-state index in [2.05, 4.69) is 18.4 Å². The molecule has 1 aliphatic heterocycles. The van der Waals surface area contributed by atoms with Gasteiger partial charge in [-0.3, -0.25) is 0 Å². The van der Waals surface area contributed by atoms with Crippen LogP contribution in [0, 0.1) is 6.92 Å². The number of hydrogen-bond donors (Lipinski definition) is 1. The van der Waals surface area contributed by atoms with Gasteiger partial charge in [-0.2, -0.15) is 0 Å². The zero-order chi connectivity index (χ0) is 11.7. The van der Waals surface area contributed by atoms with Crippen molar-refractivity contribution >= 4 is 17.4 Å². The fourth-order valence-electron chi connectivity index (χ4n) is 2.06. The number of carbonyl (C=O) groups excluding carboxylic acids is 1. The van der Waals surface area contributed by atoms with Crippen molar-refractivity contribution in [3.63, 3.8) is 0 Å². The van der Waals surface area contributed by atoms with E-state index in [0.29, 0.717) is 13.1 Å². The first-order chi connectivity index (χ1) is 7.65. The van der Waals surface area contributed by atoms with Crippen molar-refractivity contribution in [2.75, 3.05) is 26.7 Å². The molecular weight excluding hydrogens is 224 g/mol. The number of aliphatic hydroxyl groups is 1. The van der Waals surface area contributed by atoms with Crippen LogP contribution in [-0.4, -0.2) is 47.7 Å². The summed E-state index contributed by atoms with van der Waals surface area (Å²) < 4.78 is 0. The summed E-state index contributed by atoms with van der Waals surface area (Å²) in [6.07, 6.45) is 0. The van der Waals surface area contributed by atoms with Gasteiger partial charge in [0.05, 0.1) is 12.6 Å². The Morgan fingerprint density at radius 1 is 1.62 bits per heavy atom. The maximum atomic E-state index is 11.9. The maximum Gasteiger partial charge on any atom is 0.320 e. The highest BCUT2D eigenvalue weighted by Crippen LogP contribution is 2.33. The molecular formula is C11H16N2O2S. The van der Waals surface area contributed by atoms with Crippen LogP contribution in [-0.2, 0) is 0 Å². The molecule has 1 unspecified atom stereocenters. The normalized spacial score (nSPS) is 20.9. The van der Waals surface area contributed by atoms with Crippen LogP contribution in [0.3, 0.4) is 0 Å². The van der Waals surface area contributed by atoms with Crippen LogP contribution in [0.2, 0.25) is 0 Å². The van der Waals surface area contributed by atoms with Crippen molar-refractivity contribution in [3.05, 3.63) is 21.9 Å². The third-order valence-corrected chi connectivity index (χ3v) is 4.13. The Hall–Kier alpha value is -1.07. The van der Waals surface area contributed by atoms with E-state index in [1.165, 1.54) is 10.4 Å². The zero-order valence-corrected chi connectivity index (χ0v) is 10.3. The smallest absolute Gasteiger partial charge is 0.320 e. The van der Waals surface area contributed by atoms with Gasteiger partial charge in [0, 0.05) is 25.0 Å². The lowest BCUT2D eigenvalue weighted by Crippen LogP contribution is -2.31. The Kier molecular flexibility index (Phi) is 3.16. The average molecular weight is 240 g/mol. The number of nitrogens with zero attached hydrogens (tertiary/aromatic N) is 2. The third-order valence-electron chi connectivity index (χ3n) is 3.01. The highest BCUT2D eigenvalue weighted by atomic mass is 32.1. The van der Waals surface area contributed by atoms with Gasteiger partial charge in [-0.25, -0.2) is 4.79 Å². The molecule has 2 rings (SSSR count). The second-order valence-electron chi connectivity index (χ2n) is 4.05. The van der Waals surface area contributed by atoms with Crippen LogP contribution >= 0.6 is 11.3 Å². The lowest BCUT2D eigenvalue weighted by atomic mass is 10.1. The van der Waals surface area contributed by atoms with E-state index in [9.17, 15) is 4.79 Å². The second-order valence-corrected chi connectivity index (χ2v) is 4.99. The number of hydrogen-bond acceptors (Lipinski definition) is 3. The molecule has 0 bridgehead atoms. The van der Waals surface area contributed by atoms with E-state index in [4.69, 9.17) is 5.11 Å². The van der Waals surface area contributed by atoms with Gasteiger partial charge in [0.2, 0.25) is 0 Å². The number of rotatable bonds is 3. The predicted molar refractivity (Wildman–Crippen MR) is 63.6 cm³/mol. The number of amides is 2. The van der Waals surface area contributed by atoms with Crippen molar-refractivity contribution < 1.29 is 9.90 Å². The Balaban J connectivity index is 2.19. The highest BCUT2D eigenvalue weighted by molar-refractivity contribution is 7.10. The van der Waals surface area contributed by atoms with Gasteiger partial charge in [-0.1, -0.05) is 0 Å². The number of β-amino-alcohol motifs (C(OH)–C–C–N with tert-alkyl or cyclic N) is 1. The van der Waals surface area contributed by atoms with Gasteiger partial charge in [0.1, 0.15) is 0 Å². The highest BCUT2D eigenvalue weighted by Gasteiger charge is 2.36. The molecule has 1 aliphatic rings. The molecule has 1 fully saturated rings. The topological polar surface area (TPSA) is 43.8 Å². The predicted octanol–water partition coefficient (Wildman–Crippen LogP) is 1.46. The summed E-state index contributed by atoms with van der Waals surface area (Å²) in [6, 6.07) is 2.22. The summed E-state index contributed by atoms with van der Waals surface area (Å²) in [4.78, 5) is 16.6. The van der Waals surface area contributed by atoms with Crippen molar-refractivity contribution in [2.24, 2.45) is 0 Å². The van der Waals surface area contributed by atoms with Gasteiger partial charge >= 0.3 is 6.03 Å². The molecule has 1 aromatic rings. The standard InChI is InChI=1S/C11H16N2O2S/c1-8-3-6-16-10(8)9-7-13(4-5-14)11(15)12(9)2/h3,6,9,14H,4-5,7H2,1-2H3. The van der Waals surface area contributed by atoms with Gasteiger partial charge < -0.3 is 14.9 Å². The summed E-state index contributed by atoms with van der Waals surface area (Å²) in [6.45, 7) is 3.19. The molecule has 1 N–H and O–H groups in total. The lowest BCUT2D eigenvalue weighted by Gasteiger charge is -2.17. The van der Waals surface area contributed by atoms with Crippen LogP contribution < -0.4 is 0 Å². The van der Waals surface area contributed by atoms with E-state index in [0.717, 1.165) is 0 Å². The molecule has 0 aliphatic carbocycles. The average Bonchev–Trinajstić information content (AvgIpc) is 2.78. The molecule has 88 valence electrons. The van der Waals surface area contributed by atoms with Crippen LogP contribution in [0.15, 0.2) is 11.4 Å². The first-order valence-electron chi connectivity index (χ1n) is 5.31. The van der Waals surface area contributed by atoms with Crippen LogP contribution in [0.1, 0.15) is 16.5 Å². The third kappa shape index (κ3) is 1.81. The minimum absolute atomic E-state index is 0.00634.